The van der Waals surface area contributed by atoms with E-state index in [1.807, 2.05) is 25.3 Å². The minimum absolute atomic E-state index is 0.133. The van der Waals surface area contributed by atoms with Crippen LogP contribution in [0.2, 0.25) is 0 Å². The highest BCUT2D eigenvalue weighted by atomic mass is 32.2. The lowest BCUT2D eigenvalue weighted by atomic mass is 10.1. The minimum atomic E-state index is -3.55. The molecule has 0 spiro atoms. The maximum Gasteiger partial charge on any atom is 0.279 e. The molecule has 3 aromatic rings. The van der Waals surface area contributed by atoms with Gasteiger partial charge in [-0.25, -0.2) is 12.7 Å². The Morgan fingerprint density at radius 3 is 2.45 bits per heavy atom. The topological polar surface area (TPSA) is 81.0 Å². The maximum absolute atomic E-state index is 12.9. The highest BCUT2D eigenvalue weighted by molar-refractivity contribution is 7.89. The summed E-state index contributed by atoms with van der Waals surface area (Å²) in [7, 11) is -0.612. The molecular formula is C22H27N3O4S2. The van der Waals surface area contributed by atoms with Crippen LogP contribution in [0.3, 0.4) is 0 Å². The zero-order chi connectivity index (χ0) is 22.8. The molecular weight excluding hydrogens is 434 g/mol. The Labute approximate surface area is 186 Å². The van der Waals surface area contributed by atoms with Gasteiger partial charge in [0.05, 0.1) is 21.7 Å². The number of nitrogens with zero attached hydrogens (tertiary/aromatic N) is 3. The van der Waals surface area contributed by atoms with Crippen molar-refractivity contribution >= 4 is 37.5 Å². The van der Waals surface area contributed by atoms with Crippen LogP contribution in [0.5, 0.6) is 0 Å². The third kappa shape index (κ3) is 4.95. The smallest absolute Gasteiger partial charge is 0.279 e. The molecule has 0 atom stereocenters. The van der Waals surface area contributed by atoms with Crippen molar-refractivity contribution in [3.8, 4) is 0 Å². The number of rotatable bonds is 7. The number of aryl methyl sites for hydroxylation is 2. The third-order valence-electron chi connectivity index (χ3n) is 4.85. The molecule has 0 fully saturated rings. The van der Waals surface area contributed by atoms with E-state index in [0.717, 1.165) is 25.6 Å². The number of aromatic nitrogens is 1. The summed E-state index contributed by atoms with van der Waals surface area (Å²) in [4.78, 5) is 18.0. The van der Waals surface area contributed by atoms with E-state index in [9.17, 15) is 13.2 Å². The lowest BCUT2D eigenvalue weighted by Crippen LogP contribution is -2.22. The van der Waals surface area contributed by atoms with E-state index in [0.29, 0.717) is 30.1 Å². The van der Waals surface area contributed by atoms with E-state index in [1.165, 1.54) is 49.7 Å². The van der Waals surface area contributed by atoms with Crippen molar-refractivity contribution in [1.29, 1.82) is 0 Å². The maximum atomic E-state index is 12.9. The molecule has 0 saturated heterocycles. The second-order valence-electron chi connectivity index (χ2n) is 7.39. The van der Waals surface area contributed by atoms with Crippen molar-refractivity contribution in [2.24, 2.45) is 4.99 Å². The number of ether oxygens (including phenoxy) is 1. The second kappa shape index (κ2) is 9.44. The van der Waals surface area contributed by atoms with E-state index in [-0.39, 0.29) is 4.90 Å². The summed E-state index contributed by atoms with van der Waals surface area (Å²) in [6.45, 7) is 7.77. The Morgan fingerprint density at radius 1 is 1.16 bits per heavy atom. The molecule has 0 bridgehead atoms. The lowest BCUT2D eigenvalue weighted by Gasteiger charge is -2.11. The fourth-order valence-electron chi connectivity index (χ4n) is 3.25. The third-order valence-corrected chi connectivity index (χ3v) is 7.91. The quantitative estimate of drug-likeness (QED) is 0.506. The Bertz CT molecular complexity index is 1270. The van der Waals surface area contributed by atoms with Crippen LogP contribution in [0.1, 0.15) is 28.4 Å². The first-order valence-electron chi connectivity index (χ1n) is 9.95. The molecule has 1 aromatic heterocycles. The monoisotopic (exact) mass is 461 g/mol. The number of hydrogen-bond acceptors (Lipinski definition) is 5. The molecule has 1 amide bonds. The molecule has 0 unspecified atom stereocenters. The number of amides is 1. The van der Waals surface area contributed by atoms with Crippen LogP contribution in [0.4, 0.5) is 0 Å². The fourth-order valence-corrected chi connectivity index (χ4v) is 5.25. The van der Waals surface area contributed by atoms with Crippen molar-refractivity contribution in [1.82, 2.24) is 8.87 Å². The van der Waals surface area contributed by atoms with Gasteiger partial charge in [-0.15, -0.1) is 0 Å². The summed E-state index contributed by atoms with van der Waals surface area (Å²) >= 11 is 1.47. The van der Waals surface area contributed by atoms with Gasteiger partial charge in [-0.2, -0.15) is 4.99 Å². The zero-order valence-corrected chi connectivity index (χ0v) is 20.0. The van der Waals surface area contributed by atoms with Crippen LogP contribution in [0.25, 0.3) is 10.2 Å². The molecule has 2 aromatic carbocycles. The number of hydrogen-bond donors (Lipinski definition) is 0. The summed E-state index contributed by atoms with van der Waals surface area (Å²) in [6.07, 6.45) is 0. The highest BCUT2D eigenvalue weighted by Crippen LogP contribution is 2.23. The molecule has 9 heteroatoms. The summed E-state index contributed by atoms with van der Waals surface area (Å²) in [5.41, 5.74) is 3.64. The normalized spacial score (nSPS) is 12.8. The molecule has 0 aliphatic rings. The first-order chi connectivity index (χ1) is 14.6. The Balaban J connectivity index is 2.04. The minimum Gasteiger partial charge on any atom is -0.380 e. The molecule has 0 N–H and O–H groups in total. The second-order valence-corrected chi connectivity index (χ2v) is 10.5. The van der Waals surface area contributed by atoms with Crippen molar-refractivity contribution in [3.63, 3.8) is 0 Å². The van der Waals surface area contributed by atoms with Crippen molar-refractivity contribution < 1.29 is 17.9 Å². The van der Waals surface area contributed by atoms with Crippen LogP contribution in [-0.4, -0.2) is 50.5 Å². The molecule has 0 aliphatic carbocycles. The standard InChI is InChI=1S/C22H27N3O4S2/c1-6-29-12-11-25-19-14-15(2)13-16(3)20(19)30-22(25)23-21(26)17-7-9-18(10-8-17)31(27,28)24(4)5/h7-10,13-14H,6,11-12H2,1-5H3. The number of fused-ring (bicyclic) bond motifs is 1. The SMILES string of the molecule is CCOCCn1c(=NC(=O)c2ccc(S(=O)(=O)N(C)C)cc2)sc2c(C)cc(C)cc21. The summed E-state index contributed by atoms with van der Waals surface area (Å²) in [5.74, 6) is -0.417. The van der Waals surface area contributed by atoms with Crippen molar-refractivity contribution in [3.05, 3.63) is 57.9 Å². The van der Waals surface area contributed by atoms with Gasteiger partial charge >= 0.3 is 0 Å². The van der Waals surface area contributed by atoms with E-state index in [1.54, 1.807) is 0 Å². The summed E-state index contributed by atoms with van der Waals surface area (Å²) in [6, 6.07) is 10.1. The van der Waals surface area contributed by atoms with Gasteiger partial charge in [0.2, 0.25) is 10.0 Å². The largest absolute Gasteiger partial charge is 0.380 e. The van der Waals surface area contributed by atoms with Gasteiger partial charge < -0.3 is 9.30 Å². The van der Waals surface area contributed by atoms with E-state index < -0.39 is 15.9 Å². The molecule has 7 nitrogen and oxygen atoms in total. The first kappa shape index (κ1) is 23.3. The molecule has 0 radical (unpaired) electrons. The predicted molar refractivity (Wildman–Crippen MR) is 123 cm³/mol. The van der Waals surface area contributed by atoms with Crippen LogP contribution in [-0.2, 0) is 21.3 Å². The van der Waals surface area contributed by atoms with Gasteiger partial charge in [0.1, 0.15) is 0 Å². The lowest BCUT2D eigenvalue weighted by molar-refractivity contribution is 0.0996. The summed E-state index contributed by atoms with van der Waals surface area (Å²) < 4.78 is 34.2. The van der Waals surface area contributed by atoms with Crippen LogP contribution >= 0.6 is 11.3 Å². The van der Waals surface area contributed by atoms with Gasteiger partial charge in [-0.05, 0) is 62.2 Å². The molecule has 1 heterocycles. The average Bonchev–Trinajstić information content (AvgIpc) is 3.05. The first-order valence-corrected chi connectivity index (χ1v) is 12.2. The van der Waals surface area contributed by atoms with Gasteiger partial charge in [0.25, 0.3) is 5.91 Å². The fraction of sp³-hybridized carbons (Fsp3) is 0.364. The molecule has 3 rings (SSSR count). The predicted octanol–water partition coefficient (Wildman–Crippen LogP) is 3.35. The van der Waals surface area contributed by atoms with Crippen LogP contribution < -0.4 is 4.80 Å². The Morgan fingerprint density at radius 2 is 1.84 bits per heavy atom. The highest BCUT2D eigenvalue weighted by Gasteiger charge is 2.18. The van der Waals surface area contributed by atoms with Crippen LogP contribution in [0, 0.1) is 13.8 Å². The number of benzene rings is 2. The Hall–Kier alpha value is -2.33. The molecule has 166 valence electrons. The number of sulfonamides is 1. The molecule has 31 heavy (non-hydrogen) atoms. The van der Waals surface area contributed by atoms with Gasteiger partial charge in [0, 0.05) is 32.8 Å². The number of carbonyl (C=O) groups is 1. The van der Waals surface area contributed by atoms with Crippen molar-refractivity contribution in [2.75, 3.05) is 27.3 Å². The average molecular weight is 462 g/mol. The van der Waals surface area contributed by atoms with Crippen LogP contribution in [0.15, 0.2) is 46.3 Å². The Kier molecular flexibility index (Phi) is 7.10. The number of thiazole rings is 1. The van der Waals surface area contributed by atoms with E-state index >= 15 is 0 Å². The van der Waals surface area contributed by atoms with Crippen molar-refractivity contribution in [2.45, 2.75) is 32.2 Å². The summed E-state index contributed by atoms with van der Waals surface area (Å²) in [5, 5.41) is 0. The zero-order valence-electron chi connectivity index (χ0n) is 18.4. The number of carbonyl (C=O) groups excluding carboxylic acids is 1. The van der Waals surface area contributed by atoms with Gasteiger partial charge in [-0.3, -0.25) is 4.79 Å². The van der Waals surface area contributed by atoms with Gasteiger partial charge in [0.15, 0.2) is 4.80 Å². The molecule has 0 saturated carbocycles. The van der Waals surface area contributed by atoms with E-state index in [2.05, 4.69) is 17.1 Å². The molecule has 0 aliphatic heterocycles. The van der Waals surface area contributed by atoms with Gasteiger partial charge in [-0.1, -0.05) is 17.4 Å². The van der Waals surface area contributed by atoms with E-state index in [4.69, 9.17) is 4.74 Å².